The Balaban J connectivity index is 2.72. The van der Waals surface area contributed by atoms with Crippen LogP contribution in [0.15, 0.2) is 24.3 Å². The van der Waals surface area contributed by atoms with Gasteiger partial charge < -0.3 is 10.5 Å². The fourth-order valence-electron chi connectivity index (χ4n) is 1.90. The third-order valence-corrected chi connectivity index (χ3v) is 3.74. The monoisotopic (exact) mass is 270 g/mol. The number of ether oxygens (including phenoxy) is 1. The molecular formula is C14H23ClN2O. The van der Waals surface area contributed by atoms with Crippen molar-refractivity contribution < 1.29 is 4.74 Å². The van der Waals surface area contributed by atoms with Gasteiger partial charge in [0.1, 0.15) is 0 Å². The lowest BCUT2D eigenvalue weighted by atomic mass is 9.91. The second-order valence-corrected chi connectivity index (χ2v) is 5.36. The zero-order valence-corrected chi connectivity index (χ0v) is 12.2. The van der Waals surface area contributed by atoms with Gasteiger partial charge in [-0.2, -0.15) is 0 Å². The van der Waals surface area contributed by atoms with Crippen LogP contribution in [-0.2, 0) is 11.2 Å². The summed E-state index contributed by atoms with van der Waals surface area (Å²) in [5.41, 5.74) is 7.13. The smallest absolute Gasteiger partial charge is 0.0589 e. The first-order valence-electron chi connectivity index (χ1n) is 6.16. The number of likely N-dealkylation sites (N-methyl/N-ethyl adjacent to an activating group) is 1. The summed E-state index contributed by atoms with van der Waals surface area (Å²) in [6.45, 7) is 4.37. The molecule has 1 rings (SSSR count). The normalized spacial score (nSPS) is 14.8. The van der Waals surface area contributed by atoms with Gasteiger partial charge in [-0.05, 0) is 38.1 Å². The van der Waals surface area contributed by atoms with Gasteiger partial charge in [0.2, 0.25) is 0 Å². The number of methoxy groups -OCH3 is 1. The Kier molecular flexibility index (Phi) is 6.09. The van der Waals surface area contributed by atoms with Gasteiger partial charge in [-0.1, -0.05) is 23.7 Å². The highest BCUT2D eigenvalue weighted by molar-refractivity contribution is 6.30. The number of benzene rings is 1. The van der Waals surface area contributed by atoms with Crippen molar-refractivity contribution in [2.75, 3.05) is 33.9 Å². The van der Waals surface area contributed by atoms with Crippen LogP contribution in [0.4, 0.5) is 0 Å². The molecule has 0 amide bonds. The Morgan fingerprint density at radius 1 is 1.33 bits per heavy atom. The highest BCUT2D eigenvalue weighted by Crippen LogP contribution is 2.20. The van der Waals surface area contributed by atoms with Gasteiger partial charge in [0.05, 0.1) is 6.61 Å². The van der Waals surface area contributed by atoms with E-state index in [4.69, 9.17) is 22.1 Å². The Hall–Kier alpha value is -0.610. The minimum atomic E-state index is -0.0631. The standard InChI is InChI=1S/C14H23ClN2O/c1-14(11-16,17(2)8-9-18-3)10-12-4-6-13(15)7-5-12/h4-7H,8-11,16H2,1-3H3. The van der Waals surface area contributed by atoms with Gasteiger partial charge in [-0.15, -0.1) is 0 Å². The fraction of sp³-hybridized carbons (Fsp3) is 0.571. The van der Waals surface area contributed by atoms with E-state index in [1.165, 1.54) is 5.56 Å². The lowest BCUT2D eigenvalue weighted by Gasteiger charge is -2.38. The molecule has 0 aliphatic rings. The Bertz CT molecular complexity index is 355. The average molecular weight is 271 g/mol. The summed E-state index contributed by atoms with van der Waals surface area (Å²) >= 11 is 5.90. The number of rotatable bonds is 7. The van der Waals surface area contributed by atoms with Crippen LogP contribution in [0.5, 0.6) is 0 Å². The van der Waals surface area contributed by atoms with Crippen LogP contribution in [-0.4, -0.2) is 44.3 Å². The molecule has 0 heterocycles. The molecule has 0 aromatic heterocycles. The Morgan fingerprint density at radius 3 is 2.44 bits per heavy atom. The SMILES string of the molecule is COCCN(C)C(C)(CN)Cc1ccc(Cl)cc1. The van der Waals surface area contributed by atoms with E-state index in [2.05, 4.69) is 31.0 Å². The van der Waals surface area contributed by atoms with Crippen molar-refractivity contribution in [2.24, 2.45) is 5.73 Å². The molecule has 0 aliphatic carbocycles. The molecule has 0 spiro atoms. The van der Waals surface area contributed by atoms with Crippen LogP contribution in [0.3, 0.4) is 0 Å². The van der Waals surface area contributed by atoms with Crippen LogP contribution < -0.4 is 5.73 Å². The number of hydrogen-bond acceptors (Lipinski definition) is 3. The molecule has 1 aromatic carbocycles. The van der Waals surface area contributed by atoms with Crippen LogP contribution in [0, 0.1) is 0 Å². The lowest BCUT2D eigenvalue weighted by Crippen LogP contribution is -2.52. The topological polar surface area (TPSA) is 38.5 Å². The molecular weight excluding hydrogens is 248 g/mol. The van der Waals surface area contributed by atoms with E-state index >= 15 is 0 Å². The van der Waals surface area contributed by atoms with Crippen molar-refractivity contribution in [1.82, 2.24) is 4.90 Å². The highest BCUT2D eigenvalue weighted by atomic mass is 35.5. The average Bonchev–Trinajstić information content (AvgIpc) is 2.38. The summed E-state index contributed by atoms with van der Waals surface area (Å²) < 4.78 is 5.12. The van der Waals surface area contributed by atoms with Crippen molar-refractivity contribution >= 4 is 11.6 Å². The molecule has 2 N–H and O–H groups in total. The third kappa shape index (κ3) is 4.25. The van der Waals surface area contributed by atoms with E-state index in [0.717, 1.165) is 18.0 Å². The zero-order chi connectivity index (χ0) is 13.6. The molecule has 18 heavy (non-hydrogen) atoms. The maximum absolute atomic E-state index is 5.95. The number of nitrogens with zero attached hydrogens (tertiary/aromatic N) is 1. The maximum Gasteiger partial charge on any atom is 0.0589 e. The zero-order valence-electron chi connectivity index (χ0n) is 11.4. The Morgan fingerprint density at radius 2 is 1.94 bits per heavy atom. The first-order valence-corrected chi connectivity index (χ1v) is 6.54. The van der Waals surface area contributed by atoms with Crippen molar-refractivity contribution in [3.8, 4) is 0 Å². The summed E-state index contributed by atoms with van der Waals surface area (Å²) in [6, 6.07) is 7.95. The van der Waals surface area contributed by atoms with Gasteiger partial charge in [-0.25, -0.2) is 0 Å². The third-order valence-electron chi connectivity index (χ3n) is 3.49. The highest BCUT2D eigenvalue weighted by Gasteiger charge is 2.27. The quantitative estimate of drug-likeness (QED) is 0.825. The van der Waals surface area contributed by atoms with E-state index in [-0.39, 0.29) is 5.54 Å². The van der Waals surface area contributed by atoms with Gasteiger partial charge in [0, 0.05) is 30.8 Å². The number of nitrogens with two attached hydrogens (primary N) is 1. The Labute approximate surface area is 115 Å². The fourth-order valence-corrected chi connectivity index (χ4v) is 2.03. The van der Waals surface area contributed by atoms with Crippen molar-refractivity contribution in [2.45, 2.75) is 18.9 Å². The molecule has 0 bridgehead atoms. The molecule has 102 valence electrons. The van der Waals surface area contributed by atoms with Crippen LogP contribution >= 0.6 is 11.6 Å². The van der Waals surface area contributed by atoms with Gasteiger partial charge >= 0.3 is 0 Å². The number of hydrogen-bond donors (Lipinski definition) is 1. The molecule has 1 aromatic rings. The van der Waals surface area contributed by atoms with E-state index in [9.17, 15) is 0 Å². The summed E-state index contributed by atoms with van der Waals surface area (Å²) in [7, 11) is 3.80. The molecule has 0 fully saturated rings. The molecule has 4 heteroatoms. The van der Waals surface area contributed by atoms with E-state index in [1.54, 1.807) is 7.11 Å². The van der Waals surface area contributed by atoms with Gasteiger partial charge in [0.25, 0.3) is 0 Å². The van der Waals surface area contributed by atoms with E-state index in [0.29, 0.717) is 13.2 Å². The lowest BCUT2D eigenvalue weighted by molar-refractivity contribution is 0.0942. The van der Waals surface area contributed by atoms with Gasteiger partial charge in [-0.3, -0.25) is 4.90 Å². The van der Waals surface area contributed by atoms with E-state index in [1.807, 2.05) is 12.1 Å². The van der Waals surface area contributed by atoms with Crippen LogP contribution in [0.25, 0.3) is 0 Å². The second kappa shape index (κ2) is 7.10. The maximum atomic E-state index is 5.95. The van der Waals surface area contributed by atoms with Crippen LogP contribution in [0.1, 0.15) is 12.5 Å². The summed E-state index contributed by atoms with van der Waals surface area (Å²) in [4.78, 5) is 2.26. The molecule has 1 atom stereocenters. The van der Waals surface area contributed by atoms with E-state index < -0.39 is 0 Å². The predicted molar refractivity (Wildman–Crippen MR) is 77.1 cm³/mol. The molecule has 0 saturated heterocycles. The molecule has 0 aliphatic heterocycles. The molecule has 0 radical (unpaired) electrons. The first-order chi connectivity index (χ1) is 8.51. The summed E-state index contributed by atoms with van der Waals surface area (Å²) in [5, 5.41) is 0.765. The van der Waals surface area contributed by atoms with Crippen LogP contribution in [0.2, 0.25) is 5.02 Å². The number of halogens is 1. The molecule has 0 saturated carbocycles. The second-order valence-electron chi connectivity index (χ2n) is 4.92. The predicted octanol–water partition coefficient (Wildman–Crippen LogP) is 2.18. The molecule has 1 unspecified atom stereocenters. The molecule has 3 nitrogen and oxygen atoms in total. The largest absolute Gasteiger partial charge is 0.383 e. The van der Waals surface area contributed by atoms with Crippen molar-refractivity contribution in [3.05, 3.63) is 34.9 Å². The first kappa shape index (κ1) is 15.4. The van der Waals surface area contributed by atoms with Crippen molar-refractivity contribution in [3.63, 3.8) is 0 Å². The summed E-state index contributed by atoms with van der Waals surface area (Å²) in [5.74, 6) is 0. The minimum absolute atomic E-state index is 0.0631. The van der Waals surface area contributed by atoms with Crippen molar-refractivity contribution in [1.29, 1.82) is 0 Å². The minimum Gasteiger partial charge on any atom is -0.383 e. The van der Waals surface area contributed by atoms with Gasteiger partial charge in [0.15, 0.2) is 0 Å². The summed E-state index contributed by atoms with van der Waals surface area (Å²) in [6.07, 6.45) is 0.904.